The third-order valence-electron chi connectivity index (χ3n) is 5.05. The van der Waals surface area contributed by atoms with Crippen LogP contribution < -0.4 is 5.32 Å². The monoisotopic (exact) mass is 326 g/mol. The van der Waals surface area contributed by atoms with E-state index in [9.17, 15) is 4.79 Å². The number of benzene rings is 1. The van der Waals surface area contributed by atoms with Gasteiger partial charge in [-0.1, -0.05) is 31.2 Å². The Kier molecular flexibility index (Phi) is 4.71. The fourth-order valence-corrected chi connectivity index (χ4v) is 3.43. The van der Waals surface area contributed by atoms with Gasteiger partial charge in [0.05, 0.1) is 11.7 Å². The summed E-state index contributed by atoms with van der Waals surface area (Å²) >= 11 is 0. The smallest absolute Gasteiger partial charge is 0.242 e. The predicted octanol–water partition coefficient (Wildman–Crippen LogP) is 2.68. The Bertz CT molecular complexity index is 750. The molecule has 1 aromatic heterocycles. The molecule has 0 spiro atoms. The van der Waals surface area contributed by atoms with Gasteiger partial charge in [0.15, 0.2) is 0 Å². The van der Waals surface area contributed by atoms with Crippen LogP contribution in [0.25, 0.3) is 0 Å². The second kappa shape index (κ2) is 6.77. The molecule has 1 aromatic carbocycles. The van der Waals surface area contributed by atoms with Gasteiger partial charge in [-0.05, 0) is 37.8 Å². The first-order valence-electron chi connectivity index (χ1n) is 8.65. The van der Waals surface area contributed by atoms with E-state index in [0.717, 1.165) is 43.0 Å². The van der Waals surface area contributed by atoms with Gasteiger partial charge in [0.1, 0.15) is 5.82 Å². The molecule has 5 heteroatoms. The van der Waals surface area contributed by atoms with Crippen LogP contribution in [0.1, 0.15) is 36.2 Å². The number of anilines is 1. The highest BCUT2D eigenvalue weighted by atomic mass is 16.2. The molecule has 0 radical (unpaired) electrons. The van der Waals surface area contributed by atoms with Gasteiger partial charge in [-0.3, -0.25) is 14.4 Å². The number of nitrogens with one attached hydrogen (secondary N) is 1. The molecule has 1 atom stereocenters. The summed E-state index contributed by atoms with van der Waals surface area (Å²) in [6, 6.07) is 8.32. The maximum atomic E-state index is 12.7. The van der Waals surface area contributed by atoms with Gasteiger partial charge < -0.3 is 5.32 Å². The fourth-order valence-electron chi connectivity index (χ4n) is 3.43. The van der Waals surface area contributed by atoms with Crippen molar-refractivity contribution >= 4 is 11.7 Å². The van der Waals surface area contributed by atoms with Crippen molar-refractivity contribution in [2.24, 2.45) is 7.05 Å². The molecular weight excluding hydrogens is 300 g/mol. The van der Waals surface area contributed by atoms with E-state index in [1.165, 1.54) is 11.1 Å². The molecule has 3 rings (SSSR count). The first kappa shape index (κ1) is 16.7. The van der Waals surface area contributed by atoms with Gasteiger partial charge >= 0.3 is 0 Å². The number of carbonyl (C=O) groups excluding carboxylic acids is 1. The Morgan fingerprint density at radius 2 is 2.04 bits per heavy atom. The summed E-state index contributed by atoms with van der Waals surface area (Å²) in [4.78, 5) is 15.0. The van der Waals surface area contributed by atoms with Crippen molar-refractivity contribution in [3.8, 4) is 0 Å². The zero-order valence-electron chi connectivity index (χ0n) is 15.0. The summed E-state index contributed by atoms with van der Waals surface area (Å²) in [5, 5.41) is 7.55. The van der Waals surface area contributed by atoms with Crippen LogP contribution in [0.5, 0.6) is 0 Å². The van der Waals surface area contributed by atoms with E-state index in [4.69, 9.17) is 0 Å². The summed E-state index contributed by atoms with van der Waals surface area (Å²) in [6.45, 7) is 7.82. The number of nitrogens with zero attached hydrogens (tertiary/aromatic N) is 3. The molecule has 5 nitrogen and oxygen atoms in total. The Labute approximate surface area is 143 Å². The molecule has 0 saturated heterocycles. The number of fused-ring (bicyclic) bond motifs is 1. The first-order valence-corrected chi connectivity index (χ1v) is 8.65. The van der Waals surface area contributed by atoms with Crippen molar-refractivity contribution in [2.45, 2.75) is 46.2 Å². The number of rotatable bonds is 4. The first-order chi connectivity index (χ1) is 11.5. The van der Waals surface area contributed by atoms with E-state index in [1.54, 1.807) is 4.68 Å². The largest absolute Gasteiger partial charge is 0.309 e. The minimum Gasteiger partial charge on any atom is -0.309 e. The average Bonchev–Trinajstić information content (AvgIpc) is 2.88. The molecule has 2 aromatic rings. The lowest BCUT2D eigenvalue weighted by atomic mass is 9.99. The van der Waals surface area contributed by atoms with Crippen LogP contribution in [0, 0.1) is 6.92 Å². The lowest BCUT2D eigenvalue weighted by molar-refractivity contribution is -0.121. The summed E-state index contributed by atoms with van der Waals surface area (Å²) in [5.41, 5.74) is 4.82. The minimum absolute atomic E-state index is 0.0307. The third kappa shape index (κ3) is 3.08. The van der Waals surface area contributed by atoms with Gasteiger partial charge in [-0.2, -0.15) is 5.10 Å². The van der Waals surface area contributed by atoms with E-state index < -0.39 is 0 Å². The highest BCUT2D eigenvalue weighted by Gasteiger charge is 2.26. The highest BCUT2D eigenvalue weighted by Crippen LogP contribution is 2.22. The normalized spacial score (nSPS) is 15.8. The van der Waals surface area contributed by atoms with Crippen molar-refractivity contribution in [3.05, 3.63) is 46.6 Å². The standard InChI is InChI=1S/C19H26N4O/c1-5-17-13(2)18(22(4)21-17)20-19(24)14(3)23-11-10-15-8-6-7-9-16(15)12-23/h6-9,14H,5,10-12H2,1-4H3,(H,20,24). The van der Waals surface area contributed by atoms with Crippen LogP contribution in [0.15, 0.2) is 24.3 Å². The number of amides is 1. The molecule has 0 bridgehead atoms. The number of hydrogen-bond donors (Lipinski definition) is 1. The van der Waals surface area contributed by atoms with Gasteiger partial charge in [-0.25, -0.2) is 0 Å². The zero-order chi connectivity index (χ0) is 17.3. The van der Waals surface area contributed by atoms with Crippen molar-refractivity contribution in [2.75, 3.05) is 11.9 Å². The second-order valence-corrected chi connectivity index (χ2v) is 6.55. The SMILES string of the molecule is CCc1nn(C)c(NC(=O)C(C)N2CCc3ccccc3C2)c1C. The minimum atomic E-state index is -0.169. The fraction of sp³-hybridized carbons (Fsp3) is 0.474. The maximum Gasteiger partial charge on any atom is 0.242 e. The molecule has 0 saturated carbocycles. The molecule has 0 aliphatic carbocycles. The molecular formula is C19H26N4O. The summed E-state index contributed by atoms with van der Waals surface area (Å²) in [5.74, 6) is 0.837. The van der Waals surface area contributed by atoms with E-state index in [2.05, 4.69) is 46.5 Å². The predicted molar refractivity (Wildman–Crippen MR) is 96.0 cm³/mol. The van der Waals surface area contributed by atoms with E-state index >= 15 is 0 Å². The molecule has 1 amide bonds. The van der Waals surface area contributed by atoms with Gasteiger partial charge in [0.25, 0.3) is 0 Å². The highest BCUT2D eigenvalue weighted by molar-refractivity contribution is 5.94. The molecule has 24 heavy (non-hydrogen) atoms. The number of hydrogen-bond acceptors (Lipinski definition) is 3. The third-order valence-corrected chi connectivity index (χ3v) is 5.05. The van der Waals surface area contributed by atoms with Crippen LogP contribution in [-0.2, 0) is 31.2 Å². The molecule has 2 heterocycles. The van der Waals surface area contributed by atoms with Crippen molar-refractivity contribution < 1.29 is 4.79 Å². The molecule has 0 fully saturated rings. The topological polar surface area (TPSA) is 50.2 Å². The molecule has 1 N–H and O–H groups in total. The molecule has 1 aliphatic heterocycles. The second-order valence-electron chi connectivity index (χ2n) is 6.55. The van der Waals surface area contributed by atoms with Crippen LogP contribution >= 0.6 is 0 Å². The average molecular weight is 326 g/mol. The Morgan fingerprint density at radius 3 is 2.71 bits per heavy atom. The lowest BCUT2D eigenvalue weighted by Gasteiger charge is -2.32. The lowest BCUT2D eigenvalue weighted by Crippen LogP contribution is -2.44. The number of aromatic nitrogens is 2. The van der Waals surface area contributed by atoms with Gasteiger partial charge in [0.2, 0.25) is 5.91 Å². The maximum absolute atomic E-state index is 12.7. The Morgan fingerprint density at radius 1 is 1.33 bits per heavy atom. The van der Waals surface area contributed by atoms with Crippen molar-refractivity contribution in [3.63, 3.8) is 0 Å². The molecule has 128 valence electrons. The van der Waals surface area contributed by atoms with Gasteiger partial charge in [0, 0.05) is 25.7 Å². The molecule has 1 unspecified atom stereocenters. The van der Waals surface area contributed by atoms with E-state index in [0.29, 0.717) is 0 Å². The van der Waals surface area contributed by atoms with E-state index in [1.807, 2.05) is 20.9 Å². The van der Waals surface area contributed by atoms with E-state index in [-0.39, 0.29) is 11.9 Å². The Hall–Kier alpha value is -2.14. The molecule has 1 aliphatic rings. The summed E-state index contributed by atoms with van der Waals surface area (Å²) in [6.07, 6.45) is 1.87. The van der Waals surface area contributed by atoms with Crippen LogP contribution in [-0.4, -0.2) is 33.2 Å². The quantitative estimate of drug-likeness (QED) is 0.940. The van der Waals surface area contributed by atoms with Gasteiger partial charge in [-0.15, -0.1) is 0 Å². The zero-order valence-corrected chi connectivity index (χ0v) is 15.0. The van der Waals surface area contributed by atoms with Crippen molar-refractivity contribution in [1.82, 2.24) is 14.7 Å². The van der Waals surface area contributed by atoms with Crippen molar-refractivity contribution in [1.29, 1.82) is 0 Å². The van der Waals surface area contributed by atoms with Crippen LogP contribution in [0.3, 0.4) is 0 Å². The summed E-state index contributed by atoms with van der Waals surface area (Å²) < 4.78 is 1.77. The van der Waals surface area contributed by atoms with Crippen LogP contribution in [0.2, 0.25) is 0 Å². The number of carbonyl (C=O) groups is 1. The van der Waals surface area contributed by atoms with Crippen LogP contribution in [0.4, 0.5) is 5.82 Å². The Balaban J connectivity index is 1.71. The number of aryl methyl sites for hydroxylation is 2. The summed E-state index contributed by atoms with van der Waals surface area (Å²) in [7, 11) is 1.88.